The highest BCUT2D eigenvalue weighted by atomic mass is 16.5. The molecule has 5 nitrogen and oxygen atoms in total. The Morgan fingerprint density at radius 1 is 1.50 bits per heavy atom. The van der Waals surface area contributed by atoms with Crippen LogP contribution in [0.1, 0.15) is 19.3 Å². The van der Waals surface area contributed by atoms with Gasteiger partial charge in [-0.3, -0.25) is 4.79 Å². The Kier molecular flexibility index (Phi) is 9.18. The van der Waals surface area contributed by atoms with E-state index in [9.17, 15) is 4.79 Å². The first-order chi connectivity index (χ1) is 7.61. The van der Waals surface area contributed by atoms with Crippen molar-refractivity contribution in [3.63, 3.8) is 0 Å². The summed E-state index contributed by atoms with van der Waals surface area (Å²) in [5.74, 6) is 0.146. The third-order valence-electron chi connectivity index (χ3n) is 2.34. The highest BCUT2D eigenvalue weighted by Gasteiger charge is 2.07. The van der Waals surface area contributed by atoms with Gasteiger partial charge in [0.15, 0.2) is 0 Å². The Morgan fingerprint density at radius 3 is 2.69 bits per heavy atom. The molecule has 0 heterocycles. The molecule has 1 amide bonds. The van der Waals surface area contributed by atoms with Gasteiger partial charge < -0.3 is 20.1 Å². The minimum Gasteiger partial charge on any atom is -0.396 e. The SMILES string of the molecule is COCC(CCO)NCCCC(=O)N(C)C. The van der Waals surface area contributed by atoms with Crippen molar-refractivity contribution < 1.29 is 14.6 Å². The van der Waals surface area contributed by atoms with E-state index in [0.29, 0.717) is 19.4 Å². The summed E-state index contributed by atoms with van der Waals surface area (Å²) in [5, 5.41) is 12.1. The molecule has 1 unspecified atom stereocenters. The van der Waals surface area contributed by atoms with E-state index in [0.717, 1.165) is 13.0 Å². The molecule has 0 bridgehead atoms. The van der Waals surface area contributed by atoms with Crippen LogP contribution in [0.3, 0.4) is 0 Å². The highest BCUT2D eigenvalue weighted by Crippen LogP contribution is 1.95. The monoisotopic (exact) mass is 232 g/mol. The largest absolute Gasteiger partial charge is 0.396 e. The normalized spacial score (nSPS) is 12.5. The summed E-state index contributed by atoms with van der Waals surface area (Å²) < 4.78 is 5.02. The van der Waals surface area contributed by atoms with Crippen LogP contribution >= 0.6 is 0 Å². The van der Waals surface area contributed by atoms with Gasteiger partial charge in [-0.1, -0.05) is 0 Å². The average molecular weight is 232 g/mol. The number of aliphatic hydroxyl groups excluding tert-OH is 1. The van der Waals surface area contributed by atoms with Crippen LogP contribution in [-0.4, -0.2) is 62.9 Å². The summed E-state index contributed by atoms with van der Waals surface area (Å²) in [6.45, 7) is 1.51. The van der Waals surface area contributed by atoms with Crippen molar-refractivity contribution in [3.8, 4) is 0 Å². The van der Waals surface area contributed by atoms with Crippen molar-refractivity contribution in [2.75, 3.05) is 41.0 Å². The maximum Gasteiger partial charge on any atom is 0.222 e. The van der Waals surface area contributed by atoms with E-state index >= 15 is 0 Å². The molecule has 0 aliphatic carbocycles. The zero-order valence-corrected chi connectivity index (χ0v) is 10.5. The van der Waals surface area contributed by atoms with E-state index in [1.54, 1.807) is 26.1 Å². The van der Waals surface area contributed by atoms with Gasteiger partial charge in [0, 0.05) is 40.3 Å². The molecule has 5 heteroatoms. The van der Waals surface area contributed by atoms with Gasteiger partial charge in [0.25, 0.3) is 0 Å². The first-order valence-corrected chi connectivity index (χ1v) is 5.65. The fourth-order valence-electron chi connectivity index (χ4n) is 1.37. The lowest BCUT2D eigenvalue weighted by Gasteiger charge is -2.17. The second kappa shape index (κ2) is 9.57. The standard InChI is InChI=1S/C11H24N2O3/c1-13(2)11(15)5-4-7-12-10(6-8-14)9-16-3/h10,12,14H,4-9H2,1-3H3. The van der Waals surface area contributed by atoms with Crippen molar-refractivity contribution in [1.29, 1.82) is 0 Å². The van der Waals surface area contributed by atoms with Crippen LogP contribution in [0.4, 0.5) is 0 Å². The topological polar surface area (TPSA) is 61.8 Å². The van der Waals surface area contributed by atoms with E-state index in [1.807, 2.05) is 0 Å². The van der Waals surface area contributed by atoms with Crippen LogP contribution in [0.5, 0.6) is 0 Å². The second-order valence-corrected chi connectivity index (χ2v) is 4.01. The number of rotatable bonds is 9. The molecule has 96 valence electrons. The number of hydrogen-bond acceptors (Lipinski definition) is 4. The number of nitrogens with one attached hydrogen (secondary N) is 1. The molecule has 0 aromatic heterocycles. The summed E-state index contributed by atoms with van der Waals surface area (Å²) in [6, 6.07) is 0.171. The number of ether oxygens (including phenoxy) is 1. The van der Waals surface area contributed by atoms with Gasteiger partial charge in [-0.25, -0.2) is 0 Å². The fraction of sp³-hybridized carbons (Fsp3) is 0.909. The van der Waals surface area contributed by atoms with Gasteiger partial charge >= 0.3 is 0 Å². The molecule has 0 aliphatic rings. The molecule has 0 saturated heterocycles. The van der Waals surface area contributed by atoms with E-state index in [-0.39, 0.29) is 18.6 Å². The Bertz CT molecular complexity index is 180. The lowest BCUT2D eigenvalue weighted by atomic mass is 10.2. The Balaban J connectivity index is 3.57. The van der Waals surface area contributed by atoms with Crippen LogP contribution in [0, 0.1) is 0 Å². The maximum absolute atomic E-state index is 11.3. The molecule has 0 rings (SSSR count). The molecular formula is C11H24N2O3. The smallest absolute Gasteiger partial charge is 0.222 e. The lowest BCUT2D eigenvalue weighted by molar-refractivity contribution is -0.128. The lowest BCUT2D eigenvalue weighted by Crippen LogP contribution is -2.35. The Hall–Kier alpha value is -0.650. The fourth-order valence-corrected chi connectivity index (χ4v) is 1.37. The summed E-state index contributed by atoms with van der Waals surface area (Å²) in [7, 11) is 5.16. The van der Waals surface area contributed by atoms with Crippen LogP contribution in [-0.2, 0) is 9.53 Å². The van der Waals surface area contributed by atoms with Crippen molar-refractivity contribution in [2.45, 2.75) is 25.3 Å². The molecule has 0 saturated carbocycles. The zero-order valence-electron chi connectivity index (χ0n) is 10.5. The first kappa shape index (κ1) is 15.3. The average Bonchev–Trinajstić information content (AvgIpc) is 2.24. The number of carbonyl (C=O) groups excluding carboxylic acids is 1. The van der Waals surface area contributed by atoms with Gasteiger partial charge in [-0.05, 0) is 19.4 Å². The summed E-state index contributed by atoms with van der Waals surface area (Å²) in [5.41, 5.74) is 0. The predicted molar refractivity (Wildman–Crippen MR) is 63.3 cm³/mol. The molecule has 0 aliphatic heterocycles. The number of amides is 1. The Morgan fingerprint density at radius 2 is 2.19 bits per heavy atom. The number of carbonyl (C=O) groups is 1. The van der Waals surface area contributed by atoms with Crippen LogP contribution in [0.15, 0.2) is 0 Å². The number of methoxy groups -OCH3 is 1. The maximum atomic E-state index is 11.3. The molecule has 0 aromatic rings. The molecule has 0 fully saturated rings. The van der Waals surface area contributed by atoms with Gasteiger partial charge in [-0.2, -0.15) is 0 Å². The van der Waals surface area contributed by atoms with Gasteiger partial charge in [0.2, 0.25) is 5.91 Å². The van der Waals surface area contributed by atoms with Gasteiger partial charge in [-0.15, -0.1) is 0 Å². The van der Waals surface area contributed by atoms with Crippen molar-refractivity contribution in [3.05, 3.63) is 0 Å². The molecule has 16 heavy (non-hydrogen) atoms. The summed E-state index contributed by atoms with van der Waals surface area (Å²) in [4.78, 5) is 12.9. The molecule has 2 N–H and O–H groups in total. The van der Waals surface area contributed by atoms with E-state index in [2.05, 4.69) is 5.32 Å². The van der Waals surface area contributed by atoms with Crippen molar-refractivity contribution in [1.82, 2.24) is 10.2 Å². The predicted octanol–water partition coefficient (Wildman–Crippen LogP) is -0.158. The van der Waals surface area contributed by atoms with Crippen LogP contribution in [0.25, 0.3) is 0 Å². The van der Waals surface area contributed by atoms with Gasteiger partial charge in [0.05, 0.1) is 6.61 Å². The highest BCUT2D eigenvalue weighted by molar-refractivity contribution is 5.75. The first-order valence-electron chi connectivity index (χ1n) is 5.65. The zero-order chi connectivity index (χ0) is 12.4. The molecule has 0 radical (unpaired) electrons. The van der Waals surface area contributed by atoms with E-state index in [1.165, 1.54) is 0 Å². The molecule has 0 spiro atoms. The molecular weight excluding hydrogens is 208 g/mol. The van der Waals surface area contributed by atoms with Crippen LogP contribution < -0.4 is 5.32 Å². The quantitative estimate of drug-likeness (QED) is 0.542. The third-order valence-corrected chi connectivity index (χ3v) is 2.34. The van der Waals surface area contributed by atoms with E-state index in [4.69, 9.17) is 9.84 Å². The van der Waals surface area contributed by atoms with Crippen molar-refractivity contribution >= 4 is 5.91 Å². The second-order valence-electron chi connectivity index (χ2n) is 4.01. The van der Waals surface area contributed by atoms with Crippen LogP contribution in [0.2, 0.25) is 0 Å². The molecule has 1 atom stereocenters. The minimum absolute atomic E-state index is 0.146. The Labute approximate surface area is 97.8 Å². The summed E-state index contributed by atoms with van der Waals surface area (Å²) in [6.07, 6.45) is 2.04. The number of hydrogen-bond donors (Lipinski definition) is 2. The van der Waals surface area contributed by atoms with Gasteiger partial charge in [0.1, 0.15) is 0 Å². The third kappa shape index (κ3) is 7.62. The van der Waals surface area contributed by atoms with Crippen molar-refractivity contribution in [2.24, 2.45) is 0 Å². The minimum atomic E-state index is 0.146. The van der Waals surface area contributed by atoms with E-state index < -0.39 is 0 Å². The molecule has 0 aromatic carbocycles. The summed E-state index contributed by atoms with van der Waals surface area (Å²) >= 11 is 0. The number of aliphatic hydroxyl groups is 1. The number of nitrogens with zero attached hydrogens (tertiary/aromatic N) is 1.